The number of carbonyl (C=O) groups excluding carboxylic acids is 1. The van der Waals surface area contributed by atoms with Crippen molar-refractivity contribution in [3.8, 4) is 0 Å². The molecule has 0 radical (unpaired) electrons. The predicted molar refractivity (Wildman–Crippen MR) is 172 cm³/mol. The third-order valence-corrected chi connectivity index (χ3v) is 9.49. The monoisotopic (exact) mass is 590 g/mol. The van der Waals surface area contributed by atoms with Gasteiger partial charge in [0.1, 0.15) is 6.29 Å². The maximum Gasteiger partial charge on any atom is 0.416 e. The molecule has 0 aromatic heterocycles. The summed E-state index contributed by atoms with van der Waals surface area (Å²) >= 11 is 0. The van der Waals surface area contributed by atoms with Crippen molar-refractivity contribution in [2.45, 2.75) is 76.9 Å². The van der Waals surface area contributed by atoms with Gasteiger partial charge in [-0.15, -0.1) is 0 Å². The number of alkyl halides is 3. The Morgan fingerprint density at radius 3 is 2.44 bits per heavy atom. The Labute approximate surface area is 255 Å². The van der Waals surface area contributed by atoms with Crippen LogP contribution < -0.4 is 5.32 Å². The molecule has 2 aliphatic carbocycles. The summed E-state index contributed by atoms with van der Waals surface area (Å²) in [5.41, 5.74) is 6.56. The molecule has 230 valence electrons. The van der Waals surface area contributed by atoms with Crippen molar-refractivity contribution in [2.24, 2.45) is 5.92 Å². The molecular weight excluding hydrogens is 545 g/mol. The minimum absolute atomic E-state index is 0.242. The Morgan fingerprint density at radius 2 is 1.77 bits per heavy atom. The standard InChI is InChI=1S/C27H31NO.C8H8F3N.C2H6/c1-19-15-21(18-29)7-10-25(19)23-8-9-24(16-23)28-14-13-27(20(2)17-28)12-11-22-5-3-4-6-26(22)27;1-12-7-4-2-3-6(5-7)8(9,10)11;1-2/h3-7,10-12,15,18,20,23-24H,8-9,13-14,16-17H2,1-2H3;2-5,12H,1H3;1-2H3/t20-,23?,24?,27?;;/m0../s1. The zero-order valence-electron chi connectivity index (χ0n) is 26.0. The van der Waals surface area contributed by atoms with Gasteiger partial charge in [-0.05, 0) is 97.5 Å². The summed E-state index contributed by atoms with van der Waals surface area (Å²) in [5, 5.41) is 2.64. The number of carbonyl (C=O) groups is 1. The summed E-state index contributed by atoms with van der Waals surface area (Å²) in [6.45, 7) is 11.0. The van der Waals surface area contributed by atoms with E-state index in [1.54, 1.807) is 18.7 Å². The van der Waals surface area contributed by atoms with Crippen LogP contribution in [0, 0.1) is 12.8 Å². The van der Waals surface area contributed by atoms with Gasteiger partial charge in [0.05, 0.1) is 5.56 Å². The van der Waals surface area contributed by atoms with Crippen molar-refractivity contribution < 1.29 is 18.0 Å². The number of piperidine rings is 1. The molecule has 1 heterocycles. The number of halogens is 3. The second-order valence-corrected chi connectivity index (χ2v) is 11.8. The number of anilines is 1. The molecule has 1 spiro atoms. The average Bonchev–Trinajstić information content (AvgIpc) is 3.66. The number of fused-ring (bicyclic) bond motifs is 2. The number of allylic oxidation sites excluding steroid dienone is 1. The lowest BCUT2D eigenvalue weighted by atomic mass is 9.68. The smallest absolute Gasteiger partial charge is 0.388 e. The fraction of sp³-hybridized carbons (Fsp3) is 0.432. The first kappa shape index (κ1) is 32.5. The molecule has 3 nitrogen and oxygen atoms in total. The van der Waals surface area contributed by atoms with Crippen LogP contribution in [0.3, 0.4) is 0 Å². The number of aldehydes is 1. The Bertz CT molecular complexity index is 1410. The quantitative estimate of drug-likeness (QED) is 0.307. The molecule has 1 saturated carbocycles. The highest BCUT2D eigenvalue weighted by atomic mass is 19.4. The highest BCUT2D eigenvalue weighted by Gasteiger charge is 2.45. The average molecular weight is 591 g/mol. The number of likely N-dealkylation sites (tertiary alicyclic amines) is 1. The zero-order valence-corrected chi connectivity index (χ0v) is 26.0. The first-order chi connectivity index (χ1) is 20.6. The first-order valence-electron chi connectivity index (χ1n) is 15.6. The van der Waals surface area contributed by atoms with Crippen LogP contribution in [0.4, 0.5) is 18.9 Å². The first-order valence-corrected chi connectivity index (χ1v) is 15.6. The topological polar surface area (TPSA) is 32.3 Å². The van der Waals surface area contributed by atoms with Gasteiger partial charge in [-0.25, -0.2) is 0 Å². The molecule has 1 saturated heterocycles. The summed E-state index contributed by atoms with van der Waals surface area (Å²) in [4.78, 5) is 13.8. The van der Waals surface area contributed by atoms with Crippen LogP contribution in [0.15, 0.2) is 72.8 Å². The van der Waals surface area contributed by atoms with Crippen molar-refractivity contribution in [2.75, 3.05) is 25.5 Å². The molecule has 2 fully saturated rings. The predicted octanol–water partition coefficient (Wildman–Crippen LogP) is 9.52. The van der Waals surface area contributed by atoms with E-state index in [4.69, 9.17) is 0 Å². The molecule has 3 aliphatic rings. The fourth-order valence-corrected chi connectivity index (χ4v) is 7.21. The van der Waals surface area contributed by atoms with Crippen molar-refractivity contribution in [1.29, 1.82) is 0 Å². The number of rotatable bonds is 4. The summed E-state index contributed by atoms with van der Waals surface area (Å²) in [6.07, 6.45) is 6.59. The Morgan fingerprint density at radius 1 is 1.00 bits per heavy atom. The molecule has 4 atom stereocenters. The number of hydrogen-bond acceptors (Lipinski definition) is 3. The molecule has 6 heteroatoms. The second-order valence-electron chi connectivity index (χ2n) is 11.8. The van der Waals surface area contributed by atoms with Crippen molar-refractivity contribution in [1.82, 2.24) is 4.90 Å². The van der Waals surface area contributed by atoms with Gasteiger partial charge in [0, 0.05) is 36.3 Å². The van der Waals surface area contributed by atoms with Crippen LogP contribution >= 0.6 is 0 Å². The SMILES string of the molecule is CC.CNc1cccc(C(F)(F)F)c1.Cc1cc(C=O)ccc1C1CCC(N2CCC3(C=Cc4ccccc43)[C@@H](C)C2)C1. The summed E-state index contributed by atoms with van der Waals surface area (Å²) in [5.74, 6) is 1.28. The van der Waals surface area contributed by atoms with Gasteiger partial charge in [-0.1, -0.05) is 75.4 Å². The van der Waals surface area contributed by atoms with E-state index in [0.717, 1.165) is 24.0 Å². The van der Waals surface area contributed by atoms with E-state index < -0.39 is 11.7 Å². The second kappa shape index (κ2) is 13.9. The highest BCUT2D eigenvalue weighted by Crippen LogP contribution is 2.48. The lowest BCUT2D eigenvalue weighted by molar-refractivity contribution is -0.137. The number of hydrogen-bond donors (Lipinski definition) is 1. The van der Waals surface area contributed by atoms with Gasteiger partial charge < -0.3 is 10.2 Å². The third kappa shape index (κ3) is 7.06. The normalized spacial score (nSPS) is 24.4. The minimum Gasteiger partial charge on any atom is -0.388 e. The number of aryl methyl sites for hydroxylation is 1. The van der Waals surface area contributed by atoms with Crippen LogP contribution in [0.1, 0.15) is 90.5 Å². The van der Waals surface area contributed by atoms with E-state index in [0.29, 0.717) is 23.6 Å². The van der Waals surface area contributed by atoms with E-state index in [2.05, 4.69) is 66.5 Å². The molecule has 3 unspecified atom stereocenters. The largest absolute Gasteiger partial charge is 0.416 e. The zero-order chi connectivity index (χ0) is 31.2. The number of benzene rings is 3. The lowest BCUT2D eigenvalue weighted by Crippen LogP contribution is -2.50. The van der Waals surface area contributed by atoms with E-state index in [1.165, 1.54) is 61.5 Å². The molecule has 6 rings (SSSR count). The molecule has 0 bridgehead atoms. The molecular formula is C37H45F3N2O. The maximum atomic E-state index is 12.1. The highest BCUT2D eigenvalue weighted by molar-refractivity contribution is 5.75. The molecule has 3 aromatic carbocycles. The molecule has 1 aliphatic heterocycles. The van der Waals surface area contributed by atoms with E-state index in [-0.39, 0.29) is 5.41 Å². The number of nitrogens with zero attached hydrogens (tertiary/aromatic N) is 1. The van der Waals surface area contributed by atoms with Crippen LogP contribution in [0.2, 0.25) is 0 Å². The van der Waals surface area contributed by atoms with E-state index in [1.807, 2.05) is 26.0 Å². The molecule has 3 aromatic rings. The number of nitrogens with one attached hydrogen (secondary N) is 1. The van der Waals surface area contributed by atoms with Gasteiger partial charge in [-0.3, -0.25) is 4.79 Å². The Hall–Kier alpha value is -3.38. The van der Waals surface area contributed by atoms with Crippen LogP contribution in [-0.4, -0.2) is 37.4 Å². The van der Waals surface area contributed by atoms with Gasteiger partial charge in [0.25, 0.3) is 0 Å². The molecule has 1 N–H and O–H groups in total. The van der Waals surface area contributed by atoms with Gasteiger partial charge >= 0.3 is 6.18 Å². The Balaban J connectivity index is 0.000000255. The maximum absolute atomic E-state index is 12.1. The molecule has 0 amide bonds. The van der Waals surface area contributed by atoms with Crippen LogP contribution in [-0.2, 0) is 11.6 Å². The van der Waals surface area contributed by atoms with Gasteiger partial charge in [-0.2, -0.15) is 13.2 Å². The fourth-order valence-electron chi connectivity index (χ4n) is 7.21. The van der Waals surface area contributed by atoms with E-state index >= 15 is 0 Å². The van der Waals surface area contributed by atoms with Crippen molar-refractivity contribution in [3.63, 3.8) is 0 Å². The van der Waals surface area contributed by atoms with Crippen molar-refractivity contribution in [3.05, 3.63) is 106 Å². The van der Waals surface area contributed by atoms with Crippen LogP contribution in [0.25, 0.3) is 6.08 Å². The molecule has 43 heavy (non-hydrogen) atoms. The van der Waals surface area contributed by atoms with Gasteiger partial charge in [0.2, 0.25) is 0 Å². The van der Waals surface area contributed by atoms with Gasteiger partial charge in [0.15, 0.2) is 0 Å². The van der Waals surface area contributed by atoms with Crippen molar-refractivity contribution >= 4 is 18.0 Å². The third-order valence-electron chi connectivity index (χ3n) is 9.49. The van der Waals surface area contributed by atoms with Crippen LogP contribution in [0.5, 0.6) is 0 Å². The lowest BCUT2D eigenvalue weighted by Gasteiger charge is -2.46. The summed E-state index contributed by atoms with van der Waals surface area (Å²) in [7, 11) is 1.58. The minimum atomic E-state index is -4.26. The Kier molecular flexibility index (Phi) is 10.5. The van der Waals surface area contributed by atoms with E-state index in [9.17, 15) is 18.0 Å². The summed E-state index contributed by atoms with van der Waals surface area (Å²) < 4.78 is 36.2. The summed E-state index contributed by atoms with van der Waals surface area (Å²) in [6, 6.07) is 21.0.